The van der Waals surface area contributed by atoms with Crippen LogP contribution in [0.3, 0.4) is 0 Å². The van der Waals surface area contributed by atoms with Crippen LogP contribution in [0.1, 0.15) is 12.5 Å². The number of hydrogen-bond donors (Lipinski definition) is 1. The van der Waals surface area contributed by atoms with Gasteiger partial charge in [-0.05, 0) is 24.1 Å². The largest absolute Gasteiger partial charge is 0.468 e. The van der Waals surface area contributed by atoms with Crippen LogP contribution in [0.4, 0.5) is 4.39 Å². The van der Waals surface area contributed by atoms with E-state index < -0.39 is 10.7 Å². The fourth-order valence-electron chi connectivity index (χ4n) is 1.99. The summed E-state index contributed by atoms with van der Waals surface area (Å²) in [4.78, 5) is 11.7. The fourth-order valence-corrected chi connectivity index (χ4v) is 2.23. The van der Waals surface area contributed by atoms with E-state index in [0.717, 1.165) is 5.56 Å². The lowest BCUT2D eigenvalue weighted by Gasteiger charge is -2.21. The Bertz CT molecular complexity index is 621. The number of benzene rings is 2. The zero-order chi connectivity index (χ0) is 14.8. The number of carbonyl (C=O) groups is 1. The van der Waals surface area contributed by atoms with Gasteiger partial charge in [0.2, 0.25) is 0 Å². The Labute approximate surface area is 123 Å². The van der Waals surface area contributed by atoms with Crippen LogP contribution < -0.4 is 0 Å². The molecule has 0 aromatic heterocycles. The first-order valence-corrected chi connectivity index (χ1v) is 6.58. The van der Waals surface area contributed by atoms with Crippen molar-refractivity contribution in [3.05, 3.63) is 59.9 Å². The third-order valence-electron chi connectivity index (χ3n) is 3.21. The van der Waals surface area contributed by atoms with E-state index in [1.807, 2.05) is 0 Å². The van der Waals surface area contributed by atoms with Gasteiger partial charge in [0.05, 0.1) is 7.11 Å². The molecule has 104 valence electrons. The molecule has 0 aliphatic carbocycles. The van der Waals surface area contributed by atoms with Gasteiger partial charge in [0, 0.05) is 5.56 Å². The third-order valence-corrected chi connectivity index (χ3v) is 3.66. The van der Waals surface area contributed by atoms with Crippen molar-refractivity contribution in [3.8, 4) is 11.1 Å². The van der Waals surface area contributed by atoms with Crippen molar-refractivity contribution < 1.29 is 13.9 Å². The first-order chi connectivity index (χ1) is 9.46. The summed E-state index contributed by atoms with van der Waals surface area (Å²) in [7, 11) is 1.32. The number of halogens is 1. The summed E-state index contributed by atoms with van der Waals surface area (Å²) < 4.78 is 17.4. The van der Waals surface area contributed by atoms with E-state index in [4.69, 9.17) is 4.74 Å². The molecule has 2 rings (SSSR count). The van der Waals surface area contributed by atoms with Crippen LogP contribution in [0.15, 0.2) is 48.5 Å². The number of carbonyl (C=O) groups excluding carboxylic acids is 1. The summed E-state index contributed by atoms with van der Waals surface area (Å²) >= 11 is 4.34. The van der Waals surface area contributed by atoms with Gasteiger partial charge < -0.3 is 4.74 Å². The lowest BCUT2D eigenvalue weighted by Crippen LogP contribution is -2.27. The lowest BCUT2D eigenvalue weighted by molar-refractivity contribution is -0.143. The Kier molecular flexibility index (Phi) is 4.14. The smallest absolute Gasteiger partial charge is 0.325 e. The first kappa shape index (κ1) is 14.6. The van der Waals surface area contributed by atoms with Crippen LogP contribution in [0.5, 0.6) is 0 Å². The second-order valence-corrected chi connectivity index (χ2v) is 5.52. The molecule has 0 bridgehead atoms. The number of thiol groups is 1. The second-order valence-electron chi connectivity index (χ2n) is 4.62. The Balaban J connectivity index is 2.36. The van der Waals surface area contributed by atoms with Gasteiger partial charge in [-0.15, -0.1) is 0 Å². The van der Waals surface area contributed by atoms with Gasteiger partial charge in [-0.2, -0.15) is 12.6 Å². The average molecular weight is 290 g/mol. The molecular weight excluding hydrogens is 275 g/mol. The van der Waals surface area contributed by atoms with Gasteiger partial charge in [0.15, 0.2) is 0 Å². The van der Waals surface area contributed by atoms with Gasteiger partial charge in [0.1, 0.15) is 10.6 Å². The molecule has 0 aliphatic rings. The molecule has 20 heavy (non-hydrogen) atoms. The average Bonchev–Trinajstić information content (AvgIpc) is 2.47. The highest BCUT2D eigenvalue weighted by Gasteiger charge is 2.32. The number of methoxy groups -OCH3 is 1. The molecule has 0 saturated carbocycles. The third kappa shape index (κ3) is 2.70. The molecule has 2 nitrogen and oxygen atoms in total. The van der Waals surface area contributed by atoms with Gasteiger partial charge in [-0.3, -0.25) is 4.79 Å². The Morgan fingerprint density at radius 3 is 2.30 bits per heavy atom. The molecule has 0 amide bonds. The first-order valence-electron chi connectivity index (χ1n) is 6.13. The van der Waals surface area contributed by atoms with Crippen LogP contribution in [0.2, 0.25) is 0 Å². The molecule has 0 saturated heterocycles. The van der Waals surface area contributed by atoms with E-state index in [2.05, 4.69) is 12.6 Å². The lowest BCUT2D eigenvalue weighted by atomic mass is 9.96. The Morgan fingerprint density at radius 1 is 1.15 bits per heavy atom. The van der Waals surface area contributed by atoms with E-state index in [9.17, 15) is 9.18 Å². The minimum absolute atomic E-state index is 0.276. The molecule has 0 fully saturated rings. The topological polar surface area (TPSA) is 26.3 Å². The van der Waals surface area contributed by atoms with E-state index >= 15 is 0 Å². The summed E-state index contributed by atoms with van der Waals surface area (Å²) in [5, 5.41) is 0. The summed E-state index contributed by atoms with van der Waals surface area (Å²) in [6.07, 6.45) is 0. The van der Waals surface area contributed by atoms with Crippen molar-refractivity contribution in [1.29, 1.82) is 0 Å². The molecule has 2 aromatic carbocycles. The second kappa shape index (κ2) is 5.67. The highest BCUT2D eigenvalue weighted by atomic mass is 32.1. The van der Waals surface area contributed by atoms with Gasteiger partial charge in [-0.25, -0.2) is 4.39 Å². The SMILES string of the molecule is COC(=O)C(C)(S)c1ccc(-c2ccccc2F)cc1. The predicted molar refractivity (Wildman–Crippen MR) is 80.2 cm³/mol. The van der Waals surface area contributed by atoms with E-state index in [1.165, 1.54) is 13.2 Å². The minimum atomic E-state index is -1.03. The van der Waals surface area contributed by atoms with E-state index in [0.29, 0.717) is 11.1 Å². The minimum Gasteiger partial charge on any atom is -0.468 e. The van der Waals surface area contributed by atoms with Crippen LogP contribution >= 0.6 is 12.6 Å². The normalized spacial score (nSPS) is 13.6. The van der Waals surface area contributed by atoms with Crippen LogP contribution in [0, 0.1) is 5.82 Å². The van der Waals surface area contributed by atoms with Crippen LogP contribution in [-0.2, 0) is 14.3 Å². The van der Waals surface area contributed by atoms with Gasteiger partial charge >= 0.3 is 5.97 Å². The number of esters is 1. The standard InChI is InChI=1S/C16H15FO2S/c1-16(20,15(18)19-2)12-9-7-11(8-10-12)13-5-3-4-6-14(13)17/h3-10,20H,1-2H3. The van der Waals surface area contributed by atoms with Crippen LogP contribution in [0.25, 0.3) is 11.1 Å². The van der Waals surface area contributed by atoms with Crippen LogP contribution in [-0.4, -0.2) is 13.1 Å². The molecule has 0 radical (unpaired) electrons. The maximum Gasteiger partial charge on any atom is 0.325 e. The molecule has 0 aliphatic heterocycles. The summed E-state index contributed by atoms with van der Waals surface area (Å²) in [6, 6.07) is 13.6. The number of rotatable bonds is 3. The summed E-state index contributed by atoms with van der Waals surface area (Å²) in [5.74, 6) is -0.707. The zero-order valence-electron chi connectivity index (χ0n) is 11.3. The van der Waals surface area contributed by atoms with Crippen molar-refractivity contribution in [2.75, 3.05) is 7.11 Å². The highest BCUT2D eigenvalue weighted by molar-refractivity contribution is 7.82. The van der Waals surface area contributed by atoms with Crippen molar-refractivity contribution >= 4 is 18.6 Å². The number of hydrogen-bond acceptors (Lipinski definition) is 3. The summed E-state index contributed by atoms with van der Waals surface area (Å²) in [5.41, 5.74) is 1.98. The maximum atomic E-state index is 13.7. The number of ether oxygens (including phenoxy) is 1. The van der Waals surface area contributed by atoms with Crippen molar-refractivity contribution in [3.63, 3.8) is 0 Å². The van der Waals surface area contributed by atoms with Crippen molar-refractivity contribution in [2.24, 2.45) is 0 Å². The van der Waals surface area contributed by atoms with Gasteiger partial charge in [0.25, 0.3) is 0 Å². The maximum absolute atomic E-state index is 13.7. The summed E-state index contributed by atoms with van der Waals surface area (Å²) in [6.45, 7) is 1.67. The molecule has 0 heterocycles. The molecule has 0 spiro atoms. The molecule has 1 unspecified atom stereocenters. The zero-order valence-corrected chi connectivity index (χ0v) is 12.2. The highest BCUT2D eigenvalue weighted by Crippen LogP contribution is 2.31. The molecule has 0 N–H and O–H groups in total. The molecule has 2 aromatic rings. The van der Waals surface area contributed by atoms with Gasteiger partial charge in [-0.1, -0.05) is 42.5 Å². The molecule has 1 atom stereocenters. The van der Waals surface area contributed by atoms with Crippen molar-refractivity contribution in [2.45, 2.75) is 11.7 Å². The molecular formula is C16H15FO2S. The van der Waals surface area contributed by atoms with E-state index in [-0.39, 0.29) is 5.82 Å². The van der Waals surface area contributed by atoms with Crippen molar-refractivity contribution in [1.82, 2.24) is 0 Å². The van der Waals surface area contributed by atoms with E-state index in [1.54, 1.807) is 49.4 Å². The monoisotopic (exact) mass is 290 g/mol. The Hall–Kier alpha value is -1.81. The fraction of sp³-hybridized carbons (Fsp3) is 0.188. The quantitative estimate of drug-likeness (QED) is 0.687. The predicted octanol–water partition coefficient (Wildman–Crippen LogP) is 3.81. The molecule has 4 heteroatoms. The Morgan fingerprint density at radius 2 is 1.75 bits per heavy atom.